The molecule has 9 nitrogen and oxygen atoms in total. The van der Waals surface area contributed by atoms with Crippen LogP contribution in [0.3, 0.4) is 0 Å². The molecule has 2 amide bonds. The highest BCUT2D eigenvalue weighted by atomic mass is 16.6. The fourth-order valence-electron chi connectivity index (χ4n) is 2.01. The molecule has 1 atom stereocenters. The van der Waals surface area contributed by atoms with Gasteiger partial charge in [0.2, 0.25) is 0 Å². The number of hydrazine groups is 1. The zero-order valence-electron chi connectivity index (χ0n) is 14.1. The van der Waals surface area contributed by atoms with Crippen LogP contribution in [0.15, 0.2) is 48.5 Å². The van der Waals surface area contributed by atoms with E-state index in [9.17, 15) is 19.7 Å². The van der Waals surface area contributed by atoms with E-state index in [1.165, 1.54) is 32.2 Å². The number of nitrogens with zero attached hydrogens (tertiary/aromatic N) is 1. The molecular formula is C17H17N3O6. The van der Waals surface area contributed by atoms with Crippen molar-refractivity contribution in [2.45, 2.75) is 13.0 Å². The van der Waals surface area contributed by atoms with Crippen LogP contribution < -0.4 is 20.3 Å². The van der Waals surface area contributed by atoms with Crippen LogP contribution in [0, 0.1) is 10.1 Å². The summed E-state index contributed by atoms with van der Waals surface area (Å²) in [6.45, 7) is 1.50. The fourth-order valence-corrected chi connectivity index (χ4v) is 2.01. The van der Waals surface area contributed by atoms with Crippen LogP contribution in [-0.4, -0.2) is 30.0 Å². The molecular weight excluding hydrogens is 342 g/mol. The maximum atomic E-state index is 12.1. The first-order valence-electron chi connectivity index (χ1n) is 7.56. The van der Waals surface area contributed by atoms with Gasteiger partial charge in [0.25, 0.3) is 17.5 Å². The van der Waals surface area contributed by atoms with E-state index in [2.05, 4.69) is 10.9 Å². The number of carbonyl (C=O) groups is 2. The van der Waals surface area contributed by atoms with Crippen LogP contribution in [0.5, 0.6) is 11.5 Å². The van der Waals surface area contributed by atoms with E-state index in [1.807, 2.05) is 0 Å². The molecule has 0 aliphatic rings. The number of rotatable bonds is 6. The zero-order chi connectivity index (χ0) is 19.1. The summed E-state index contributed by atoms with van der Waals surface area (Å²) in [4.78, 5) is 34.2. The van der Waals surface area contributed by atoms with Crippen molar-refractivity contribution in [1.82, 2.24) is 10.9 Å². The van der Waals surface area contributed by atoms with Gasteiger partial charge >= 0.3 is 0 Å². The van der Waals surface area contributed by atoms with E-state index in [-0.39, 0.29) is 11.3 Å². The highest BCUT2D eigenvalue weighted by molar-refractivity contribution is 5.96. The van der Waals surface area contributed by atoms with Crippen LogP contribution >= 0.6 is 0 Å². The van der Waals surface area contributed by atoms with Gasteiger partial charge in [-0.3, -0.25) is 30.6 Å². The number of benzene rings is 2. The second-order valence-electron chi connectivity index (χ2n) is 5.16. The van der Waals surface area contributed by atoms with Gasteiger partial charge in [-0.05, 0) is 25.1 Å². The van der Waals surface area contributed by atoms with E-state index in [0.717, 1.165) is 6.07 Å². The molecule has 0 spiro atoms. The Balaban J connectivity index is 1.94. The van der Waals surface area contributed by atoms with Crippen molar-refractivity contribution in [3.8, 4) is 11.5 Å². The van der Waals surface area contributed by atoms with Gasteiger partial charge in [-0.2, -0.15) is 0 Å². The number of amides is 2. The summed E-state index contributed by atoms with van der Waals surface area (Å²) in [6, 6.07) is 12.0. The fraction of sp³-hybridized carbons (Fsp3) is 0.176. The number of hydrogen-bond acceptors (Lipinski definition) is 6. The quantitative estimate of drug-likeness (QED) is 0.600. The molecule has 0 aliphatic carbocycles. The molecule has 0 aromatic heterocycles. The standard InChI is InChI=1S/C17H17N3O6/c1-11(26-15-9-4-3-8-14(15)25-2)16(21)18-19-17(22)12-6-5-7-13(10-12)20(23)24/h3-11H,1-2H3,(H,18,21)(H,19,22). The summed E-state index contributed by atoms with van der Waals surface area (Å²) in [7, 11) is 1.48. The summed E-state index contributed by atoms with van der Waals surface area (Å²) >= 11 is 0. The van der Waals surface area contributed by atoms with Crippen molar-refractivity contribution in [1.29, 1.82) is 0 Å². The SMILES string of the molecule is COc1ccccc1OC(C)C(=O)NNC(=O)c1cccc([N+](=O)[O-])c1. The molecule has 0 heterocycles. The minimum absolute atomic E-state index is 0.0396. The lowest BCUT2D eigenvalue weighted by Crippen LogP contribution is -2.47. The number of nitrogens with one attached hydrogen (secondary N) is 2. The normalized spacial score (nSPS) is 11.2. The van der Waals surface area contributed by atoms with Crippen LogP contribution in [-0.2, 0) is 4.79 Å². The first kappa shape index (κ1) is 18.7. The van der Waals surface area contributed by atoms with Crippen molar-refractivity contribution < 1.29 is 24.0 Å². The number of ether oxygens (including phenoxy) is 2. The second kappa shape index (κ2) is 8.47. The third-order valence-corrected chi connectivity index (χ3v) is 3.36. The Morgan fingerprint density at radius 3 is 2.42 bits per heavy atom. The van der Waals surface area contributed by atoms with E-state index >= 15 is 0 Å². The molecule has 2 N–H and O–H groups in total. The van der Waals surface area contributed by atoms with Gasteiger partial charge in [0, 0.05) is 17.7 Å². The topological polar surface area (TPSA) is 120 Å². The maximum Gasteiger partial charge on any atom is 0.279 e. The van der Waals surface area contributed by atoms with Gasteiger partial charge in [0.05, 0.1) is 12.0 Å². The molecule has 26 heavy (non-hydrogen) atoms. The molecule has 0 radical (unpaired) electrons. The number of nitro groups is 1. The van der Waals surface area contributed by atoms with Gasteiger partial charge in [0.15, 0.2) is 17.6 Å². The predicted molar refractivity (Wildman–Crippen MR) is 91.8 cm³/mol. The Bertz CT molecular complexity index is 824. The maximum absolute atomic E-state index is 12.1. The molecule has 2 aromatic rings. The Morgan fingerprint density at radius 1 is 1.08 bits per heavy atom. The van der Waals surface area contributed by atoms with E-state index in [4.69, 9.17) is 9.47 Å². The van der Waals surface area contributed by atoms with E-state index in [1.54, 1.807) is 24.3 Å². The van der Waals surface area contributed by atoms with Crippen molar-refractivity contribution in [3.05, 3.63) is 64.2 Å². The summed E-state index contributed by atoms with van der Waals surface area (Å²) < 4.78 is 10.6. The Kier molecular flexibility index (Phi) is 6.10. The lowest BCUT2D eigenvalue weighted by Gasteiger charge is -2.16. The number of methoxy groups -OCH3 is 1. The number of para-hydroxylation sites is 2. The molecule has 0 saturated heterocycles. The first-order chi connectivity index (χ1) is 12.4. The Labute approximate surface area is 149 Å². The summed E-state index contributed by atoms with van der Waals surface area (Å²) in [5.41, 5.74) is 4.22. The summed E-state index contributed by atoms with van der Waals surface area (Å²) in [6.07, 6.45) is -0.920. The number of hydrogen-bond donors (Lipinski definition) is 2. The predicted octanol–water partition coefficient (Wildman–Crippen LogP) is 1.83. The molecule has 0 bridgehead atoms. The molecule has 0 fully saturated rings. The molecule has 0 saturated carbocycles. The summed E-state index contributed by atoms with van der Waals surface area (Å²) in [5.74, 6) is -0.448. The van der Waals surface area contributed by atoms with Gasteiger partial charge in [0.1, 0.15) is 0 Å². The van der Waals surface area contributed by atoms with Crippen molar-refractivity contribution >= 4 is 17.5 Å². The van der Waals surface area contributed by atoms with Crippen molar-refractivity contribution in [3.63, 3.8) is 0 Å². The lowest BCUT2D eigenvalue weighted by atomic mass is 10.2. The summed E-state index contributed by atoms with van der Waals surface area (Å²) in [5, 5.41) is 10.7. The average Bonchev–Trinajstić information content (AvgIpc) is 2.66. The molecule has 136 valence electrons. The lowest BCUT2D eigenvalue weighted by molar-refractivity contribution is -0.384. The van der Waals surface area contributed by atoms with Gasteiger partial charge in [-0.15, -0.1) is 0 Å². The third-order valence-electron chi connectivity index (χ3n) is 3.36. The van der Waals surface area contributed by atoms with Crippen molar-refractivity contribution in [2.24, 2.45) is 0 Å². The van der Waals surface area contributed by atoms with Crippen LogP contribution in [0.2, 0.25) is 0 Å². The highest BCUT2D eigenvalue weighted by Crippen LogP contribution is 2.26. The molecule has 1 unspecified atom stereocenters. The van der Waals surface area contributed by atoms with Gasteiger partial charge in [-0.25, -0.2) is 0 Å². The second-order valence-corrected chi connectivity index (χ2v) is 5.16. The van der Waals surface area contributed by atoms with Crippen molar-refractivity contribution in [2.75, 3.05) is 7.11 Å². The molecule has 0 aliphatic heterocycles. The number of non-ortho nitro benzene ring substituents is 1. The molecule has 2 aromatic carbocycles. The highest BCUT2D eigenvalue weighted by Gasteiger charge is 2.18. The van der Waals surface area contributed by atoms with Gasteiger partial charge < -0.3 is 9.47 Å². The Hall–Kier alpha value is -3.62. The Morgan fingerprint density at radius 2 is 1.77 bits per heavy atom. The minimum atomic E-state index is -0.920. The van der Waals surface area contributed by atoms with Gasteiger partial charge in [-0.1, -0.05) is 18.2 Å². The van der Waals surface area contributed by atoms with E-state index < -0.39 is 22.8 Å². The molecule has 9 heteroatoms. The largest absolute Gasteiger partial charge is 0.493 e. The number of carbonyl (C=O) groups excluding carboxylic acids is 2. The van der Waals surface area contributed by atoms with Crippen LogP contribution in [0.25, 0.3) is 0 Å². The monoisotopic (exact) mass is 359 g/mol. The average molecular weight is 359 g/mol. The van der Waals surface area contributed by atoms with Crippen LogP contribution in [0.4, 0.5) is 5.69 Å². The first-order valence-corrected chi connectivity index (χ1v) is 7.56. The molecule has 2 rings (SSSR count). The zero-order valence-corrected chi connectivity index (χ0v) is 14.1. The smallest absolute Gasteiger partial charge is 0.279 e. The minimum Gasteiger partial charge on any atom is -0.493 e. The van der Waals surface area contributed by atoms with E-state index in [0.29, 0.717) is 11.5 Å². The number of nitro benzene ring substituents is 1. The third kappa shape index (κ3) is 4.69. The van der Waals surface area contributed by atoms with Crippen LogP contribution in [0.1, 0.15) is 17.3 Å².